The van der Waals surface area contributed by atoms with Crippen LogP contribution in [0.25, 0.3) is 11.1 Å². The van der Waals surface area contributed by atoms with E-state index in [0.717, 1.165) is 22.3 Å². The largest absolute Gasteiger partial charge is 0.480 e. The van der Waals surface area contributed by atoms with E-state index in [1.165, 1.54) is 7.11 Å². The van der Waals surface area contributed by atoms with E-state index in [0.29, 0.717) is 6.42 Å². The smallest absolute Gasteiger partial charge is 0.407 e. The number of rotatable bonds is 9. The first-order valence-electron chi connectivity index (χ1n) is 9.85. The topological polar surface area (TPSA) is 84.9 Å². The number of carboxylic acids is 1. The lowest BCUT2D eigenvalue weighted by molar-refractivity contribution is -0.144. The average Bonchev–Trinajstić information content (AvgIpc) is 3.04. The summed E-state index contributed by atoms with van der Waals surface area (Å²) in [5.41, 5.74) is 3.59. The summed E-state index contributed by atoms with van der Waals surface area (Å²) < 4.78 is 10.7. The Morgan fingerprint density at radius 2 is 1.73 bits per heavy atom. The van der Waals surface area contributed by atoms with E-state index in [1.54, 1.807) is 13.0 Å². The van der Waals surface area contributed by atoms with Crippen molar-refractivity contribution in [3.8, 4) is 11.1 Å². The zero-order chi connectivity index (χ0) is 21.7. The molecular formula is C24H27NO5. The van der Waals surface area contributed by atoms with Crippen LogP contribution in [0.5, 0.6) is 0 Å². The van der Waals surface area contributed by atoms with Gasteiger partial charge in [-0.15, -0.1) is 6.58 Å². The number of benzene rings is 2. The van der Waals surface area contributed by atoms with E-state index in [1.807, 2.05) is 36.4 Å². The van der Waals surface area contributed by atoms with E-state index >= 15 is 0 Å². The maximum Gasteiger partial charge on any atom is 0.407 e. The highest BCUT2D eigenvalue weighted by Crippen LogP contribution is 2.44. The van der Waals surface area contributed by atoms with Crippen LogP contribution in [0, 0.1) is 5.41 Å². The van der Waals surface area contributed by atoms with Gasteiger partial charge in [0.1, 0.15) is 12.6 Å². The molecule has 0 saturated carbocycles. The van der Waals surface area contributed by atoms with Gasteiger partial charge in [0.05, 0.1) is 6.61 Å². The third kappa shape index (κ3) is 4.24. The molecule has 2 N–H and O–H groups in total. The summed E-state index contributed by atoms with van der Waals surface area (Å²) in [6, 6.07) is 14.9. The van der Waals surface area contributed by atoms with Gasteiger partial charge in [-0.25, -0.2) is 9.59 Å². The Kier molecular flexibility index (Phi) is 6.57. The summed E-state index contributed by atoms with van der Waals surface area (Å²) in [4.78, 5) is 24.4. The molecule has 1 aliphatic rings. The second kappa shape index (κ2) is 9.13. The van der Waals surface area contributed by atoms with Gasteiger partial charge in [0.2, 0.25) is 0 Å². The second-order valence-corrected chi connectivity index (χ2v) is 7.82. The fourth-order valence-corrected chi connectivity index (χ4v) is 4.21. The first-order chi connectivity index (χ1) is 14.4. The van der Waals surface area contributed by atoms with Gasteiger partial charge in [0, 0.05) is 18.4 Å². The summed E-state index contributed by atoms with van der Waals surface area (Å²) in [6.45, 7) is 5.70. The van der Waals surface area contributed by atoms with Crippen LogP contribution >= 0.6 is 0 Å². The van der Waals surface area contributed by atoms with Crippen LogP contribution in [0.1, 0.15) is 30.4 Å². The molecule has 0 heterocycles. The number of alkyl carbamates (subject to hydrolysis) is 1. The van der Waals surface area contributed by atoms with E-state index in [9.17, 15) is 14.7 Å². The highest BCUT2D eigenvalue weighted by molar-refractivity contribution is 5.81. The van der Waals surface area contributed by atoms with Crippen molar-refractivity contribution in [1.82, 2.24) is 5.32 Å². The van der Waals surface area contributed by atoms with Crippen molar-refractivity contribution in [2.75, 3.05) is 20.3 Å². The molecule has 2 aromatic carbocycles. The SMILES string of the molecule is C=CC[C@@](C)(COC)[C@@H](NC(=O)OCC1c2ccccc2-c2ccccc21)C(=O)O. The minimum Gasteiger partial charge on any atom is -0.480 e. The van der Waals surface area contributed by atoms with Crippen LogP contribution in [0.2, 0.25) is 0 Å². The molecule has 158 valence electrons. The zero-order valence-corrected chi connectivity index (χ0v) is 17.3. The summed E-state index contributed by atoms with van der Waals surface area (Å²) in [5.74, 6) is -1.24. The molecule has 6 nitrogen and oxygen atoms in total. The summed E-state index contributed by atoms with van der Waals surface area (Å²) in [5, 5.41) is 12.2. The molecule has 1 aliphatic carbocycles. The molecular weight excluding hydrogens is 382 g/mol. The molecule has 0 bridgehead atoms. The van der Waals surface area contributed by atoms with Gasteiger partial charge in [-0.05, 0) is 28.7 Å². The predicted octanol–water partition coefficient (Wildman–Crippen LogP) is 4.21. The van der Waals surface area contributed by atoms with E-state index in [-0.39, 0.29) is 19.1 Å². The third-order valence-corrected chi connectivity index (χ3v) is 5.63. The van der Waals surface area contributed by atoms with Crippen molar-refractivity contribution < 1.29 is 24.2 Å². The molecule has 2 atom stereocenters. The number of carbonyl (C=O) groups is 2. The van der Waals surface area contributed by atoms with Crippen molar-refractivity contribution in [3.63, 3.8) is 0 Å². The lowest BCUT2D eigenvalue weighted by Crippen LogP contribution is -2.53. The van der Waals surface area contributed by atoms with Gasteiger partial charge in [0.15, 0.2) is 0 Å². The summed E-state index contributed by atoms with van der Waals surface area (Å²) >= 11 is 0. The van der Waals surface area contributed by atoms with Crippen LogP contribution in [0.15, 0.2) is 61.2 Å². The summed E-state index contributed by atoms with van der Waals surface area (Å²) in [7, 11) is 1.49. The molecule has 3 rings (SSSR count). The summed E-state index contributed by atoms with van der Waals surface area (Å²) in [6.07, 6.45) is 1.21. The van der Waals surface area contributed by atoms with Crippen molar-refractivity contribution in [1.29, 1.82) is 0 Å². The Morgan fingerprint density at radius 1 is 1.17 bits per heavy atom. The molecule has 30 heavy (non-hydrogen) atoms. The van der Waals surface area contributed by atoms with Crippen molar-refractivity contribution in [3.05, 3.63) is 72.3 Å². The molecule has 0 unspecified atom stereocenters. The molecule has 2 aromatic rings. The predicted molar refractivity (Wildman–Crippen MR) is 114 cm³/mol. The Balaban J connectivity index is 1.73. The Morgan fingerprint density at radius 3 is 2.23 bits per heavy atom. The molecule has 0 aromatic heterocycles. The minimum absolute atomic E-state index is 0.0926. The third-order valence-electron chi connectivity index (χ3n) is 5.63. The lowest BCUT2D eigenvalue weighted by atomic mass is 9.80. The van der Waals surface area contributed by atoms with Crippen molar-refractivity contribution in [2.24, 2.45) is 5.41 Å². The van der Waals surface area contributed by atoms with Crippen molar-refractivity contribution >= 4 is 12.1 Å². The number of hydrogen-bond acceptors (Lipinski definition) is 4. The van der Waals surface area contributed by atoms with Gasteiger partial charge in [-0.3, -0.25) is 0 Å². The normalized spacial score (nSPS) is 15.4. The number of allylic oxidation sites excluding steroid dienone is 1. The van der Waals surface area contributed by atoms with E-state index in [4.69, 9.17) is 9.47 Å². The van der Waals surface area contributed by atoms with Gasteiger partial charge in [-0.1, -0.05) is 61.5 Å². The number of hydrogen-bond donors (Lipinski definition) is 2. The number of nitrogens with one attached hydrogen (secondary N) is 1. The van der Waals surface area contributed by atoms with Crippen LogP contribution in [-0.4, -0.2) is 43.5 Å². The fraction of sp³-hybridized carbons (Fsp3) is 0.333. The fourth-order valence-electron chi connectivity index (χ4n) is 4.21. The highest BCUT2D eigenvalue weighted by atomic mass is 16.5. The monoisotopic (exact) mass is 409 g/mol. The van der Waals surface area contributed by atoms with E-state index in [2.05, 4.69) is 24.0 Å². The van der Waals surface area contributed by atoms with Gasteiger partial charge in [-0.2, -0.15) is 0 Å². The number of carbonyl (C=O) groups excluding carboxylic acids is 1. The highest BCUT2D eigenvalue weighted by Gasteiger charge is 2.40. The maximum atomic E-state index is 12.5. The van der Waals surface area contributed by atoms with Gasteiger partial charge < -0.3 is 19.9 Å². The Labute approximate surface area is 176 Å². The molecule has 1 amide bonds. The standard InChI is InChI=1S/C24H27NO5/c1-4-13-24(2,15-29-3)21(22(26)27)25-23(28)30-14-20-18-11-7-5-9-16(18)17-10-6-8-12-19(17)20/h4-12,20-21H,1,13-15H2,2-3H3,(H,25,28)(H,26,27)/t21-,24-/m0/s1. The minimum atomic E-state index is -1.17. The second-order valence-electron chi connectivity index (χ2n) is 7.82. The number of methoxy groups -OCH3 is 1. The van der Waals surface area contributed by atoms with E-state index < -0.39 is 23.5 Å². The first kappa shape index (κ1) is 21.6. The molecule has 0 fully saturated rings. The molecule has 6 heteroatoms. The Bertz CT molecular complexity index is 895. The lowest BCUT2D eigenvalue weighted by Gasteiger charge is -2.34. The van der Waals surface area contributed by atoms with Gasteiger partial charge in [0.25, 0.3) is 0 Å². The van der Waals surface area contributed by atoms with Crippen LogP contribution < -0.4 is 5.32 Å². The van der Waals surface area contributed by atoms with Crippen LogP contribution in [-0.2, 0) is 14.3 Å². The number of aliphatic carboxylic acids is 1. The number of amides is 1. The van der Waals surface area contributed by atoms with Crippen LogP contribution in [0.3, 0.4) is 0 Å². The maximum absolute atomic E-state index is 12.5. The van der Waals surface area contributed by atoms with Crippen molar-refractivity contribution in [2.45, 2.75) is 25.3 Å². The molecule has 0 saturated heterocycles. The Hall–Kier alpha value is -3.12. The van der Waals surface area contributed by atoms with Gasteiger partial charge >= 0.3 is 12.1 Å². The molecule has 0 aliphatic heterocycles. The van der Waals surface area contributed by atoms with Crippen LogP contribution in [0.4, 0.5) is 4.79 Å². The zero-order valence-electron chi connectivity index (χ0n) is 17.3. The molecule has 0 radical (unpaired) electrons. The first-order valence-corrected chi connectivity index (χ1v) is 9.85. The number of ether oxygens (including phenoxy) is 2. The average molecular weight is 409 g/mol. The number of carboxylic acid groups (broad SMARTS) is 1. The molecule has 0 spiro atoms. The number of fused-ring (bicyclic) bond motifs is 3. The quantitative estimate of drug-likeness (QED) is 0.606.